The van der Waals surface area contributed by atoms with Crippen LogP contribution in [0.15, 0.2) is 46.0 Å². The number of sulfonamides is 1. The van der Waals surface area contributed by atoms with Crippen LogP contribution in [0.5, 0.6) is 0 Å². The Balaban J connectivity index is 2.30. The second kappa shape index (κ2) is 6.29. The molecule has 0 aliphatic heterocycles. The quantitative estimate of drug-likeness (QED) is 0.679. The first-order valence-corrected chi connectivity index (χ1v) is 8.30. The van der Waals surface area contributed by atoms with Gasteiger partial charge in [0, 0.05) is 0 Å². The van der Waals surface area contributed by atoms with E-state index in [2.05, 4.69) is 10.8 Å². The van der Waals surface area contributed by atoms with Crippen molar-refractivity contribution in [2.45, 2.75) is 4.21 Å². The Bertz CT molecular complexity index is 720. The van der Waals surface area contributed by atoms with Gasteiger partial charge >= 0.3 is 0 Å². The third-order valence-corrected chi connectivity index (χ3v) is 5.74. The Morgan fingerprint density at radius 2 is 2.00 bits per heavy atom. The molecule has 20 heavy (non-hydrogen) atoms. The minimum absolute atomic E-state index is 0.0668. The standard InChI is InChI=1S/C13H11ClN2O2S2/c1-2-9-16(11-6-4-3-5-7-11)15-20(17,18)13-12(14)8-10-19-13/h1,3-8,10,15H,9H2. The van der Waals surface area contributed by atoms with Crippen molar-refractivity contribution in [2.24, 2.45) is 0 Å². The highest BCUT2D eigenvalue weighted by molar-refractivity contribution is 7.91. The van der Waals surface area contributed by atoms with Gasteiger partial charge in [-0.25, -0.2) is 8.42 Å². The number of halogens is 1. The van der Waals surface area contributed by atoms with Gasteiger partial charge in [-0.05, 0) is 23.6 Å². The van der Waals surface area contributed by atoms with E-state index >= 15 is 0 Å². The number of nitrogens with one attached hydrogen (secondary N) is 1. The minimum Gasteiger partial charge on any atom is -0.283 e. The topological polar surface area (TPSA) is 49.4 Å². The summed E-state index contributed by atoms with van der Waals surface area (Å²) in [6.45, 7) is 0.103. The van der Waals surface area contributed by atoms with Crippen molar-refractivity contribution >= 4 is 38.6 Å². The van der Waals surface area contributed by atoms with E-state index in [1.54, 1.807) is 29.6 Å². The zero-order valence-electron chi connectivity index (χ0n) is 10.3. The summed E-state index contributed by atoms with van der Waals surface area (Å²) in [5.74, 6) is 2.42. The lowest BCUT2D eigenvalue weighted by Gasteiger charge is -2.22. The maximum Gasteiger partial charge on any atom is 0.268 e. The molecule has 0 unspecified atom stereocenters. The van der Waals surface area contributed by atoms with Crippen LogP contribution >= 0.6 is 22.9 Å². The number of hydrogen-bond acceptors (Lipinski definition) is 4. The van der Waals surface area contributed by atoms with Crippen molar-refractivity contribution in [1.82, 2.24) is 4.83 Å². The van der Waals surface area contributed by atoms with Crippen LogP contribution in [0.2, 0.25) is 5.02 Å². The summed E-state index contributed by atoms with van der Waals surface area (Å²) < 4.78 is 24.6. The average molecular weight is 327 g/mol. The molecule has 4 nitrogen and oxygen atoms in total. The summed E-state index contributed by atoms with van der Waals surface area (Å²) in [5.41, 5.74) is 0.654. The molecule has 0 aliphatic carbocycles. The van der Waals surface area contributed by atoms with Gasteiger partial charge in [-0.1, -0.05) is 35.7 Å². The molecule has 0 atom stereocenters. The Labute approximate surface area is 127 Å². The van der Waals surface area contributed by atoms with E-state index in [9.17, 15) is 8.42 Å². The molecule has 1 heterocycles. The molecule has 0 saturated carbocycles. The fraction of sp³-hybridized carbons (Fsp3) is 0.0769. The highest BCUT2D eigenvalue weighted by atomic mass is 35.5. The van der Waals surface area contributed by atoms with Crippen molar-refractivity contribution in [2.75, 3.05) is 11.6 Å². The van der Waals surface area contributed by atoms with Crippen molar-refractivity contribution in [3.8, 4) is 12.3 Å². The molecule has 0 amide bonds. The Morgan fingerprint density at radius 3 is 2.55 bits per heavy atom. The monoisotopic (exact) mass is 326 g/mol. The second-order valence-corrected chi connectivity index (χ2v) is 6.96. The molecule has 0 saturated heterocycles. The number of terminal acetylenes is 1. The highest BCUT2D eigenvalue weighted by Crippen LogP contribution is 2.27. The van der Waals surface area contributed by atoms with Crippen molar-refractivity contribution in [3.05, 3.63) is 46.8 Å². The zero-order chi connectivity index (χ0) is 14.6. The van der Waals surface area contributed by atoms with Gasteiger partial charge in [0.15, 0.2) is 4.21 Å². The van der Waals surface area contributed by atoms with Gasteiger partial charge in [-0.2, -0.15) is 0 Å². The van der Waals surface area contributed by atoms with E-state index in [4.69, 9.17) is 18.0 Å². The first kappa shape index (κ1) is 14.9. The molecule has 2 aromatic rings. The lowest BCUT2D eigenvalue weighted by Crippen LogP contribution is -2.42. The third kappa shape index (κ3) is 3.32. The lowest BCUT2D eigenvalue weighted by molar-refractivity contribution is 0.581. The van der Waals surface area contributed by atoms with Crippen molar-refractivity contribution in [3.63, 3.8) is 0 Å². The number of nitrogens with zero attached hydrogens (tertiary/aromatic N) is 1. The van der Waals surface area contributed by atoms with Crippen molar-refractivity contribution in [1.29, 1.82) is 0 Å². The van der Waals surface area contributed by atoms with Crippen LogP contribution < -0.4 is 9.84 Å². The van der Waals surface area contributed by atoms with Gasteiger partial charge < -0.3 is 0 Å². The van der Waals surface area contributed by atoms with Gasteiger partial charge in [-0.3, -0.25) is 5.01 Å². The van der Waals surface area contributed by atoms with Gasteiger partial charge in [0.25, 0.3) is 10.0 Å². The summed E-state index contributed by atoms with van der Waals surface area (Å²) in [7, 11) is -3.75. The smallest absolute Gasteiger partial charge is 0.268 e. The van der Waals surface area contributed by atoms with Gasteiger partial charge in [0.2, 0.25) is 0 Å². The number of anilines is 1. The predicted molar refractivity (Wildman–Crippen MR) is 82.3 cm³/mol. The van der Waals surface area contributed by atoms with Gasteiger partial charge in [-0.15, -0.1) is 22.6 Å². The Hall–Kier alpha value is -1.52. The van der Waals surface area contributed by atoms with E-state index in [0.29, 0.717) is 5.69 Å². The predicted octanol–water partition coefficient (Wildman–Crippen LogP) is 2.73. The van der Waals surface area contributed by atoms with Crippen molar-refractivity contribution < 1.29 is 8.42 Å². The Kier molecular flexibility index (Phi) is 4.68. The first-order valence-electron chi connectivity index (χ1n) is 5.56. The number of rotatable bonds is 5. The molecule has 0 bridgehead atoms. The molecule has 1 N–H and O–H groups in total. The molecular weight excluding hydrogens is 316 g/mol. The maximum atomic E-state index is 12.3. The third-order valence-electron chi connectivity index (χ3n) is 2.38. The molecule has 7 heteroatoms. The molecule has 2 rings (SSSR count). The molecule has 0 fully saturated rings. The fourth-order valence-electron chi connectivity index (χ4n) is 1.53. The van der Waals surface area contributed by atoms with Crippen LogP contribution in [0.4, 0.5) is 5.69 Å². The van der Waals surface area contributed by atoms with Crippen LogP contribution in [-0.2, 0) is 10.0 Å². The normalized spacial score (nSPS) is 11.0. The van der Waals surface area contributed by atoms with Crippen LogP contribution in [0, 0.1) is 12.3 Å². The molecule has 1 aromatic heterocycles. The second-order valence-electron chi connectivity index (χ2n) is 3.78. The van der Waals surface area contributed by atoms with Gasteiger partial charge in [0.05, 0.1) is 17.3 Å². The number of hydrazine groups is 1. The minimum atomic E-state index is -3.75. The molecule has 0 aliphatic rings. The molecule has 1 aromatic carbocycles. The SMILES string of the molecule is C#CCN(NS(=O)(=O)c1sccc1Cl)c1ccccc1. The zero-order valence-corrected chi connectivity index (χ0v) is 12.7. The van der Waals surface area contributed by atoms with E-state index in [0.717, 1.165) is 11.3 Å². The number of para-hydroxylation sites is 1. The summed E-state index contributed by atoms with van der Waals surface area (Å²) in [6, 6.07) is 10.5. The van der Waals surface area contributed by atoms with Crippen LogP contribution in [0.25, 0.3) is 0 Å². The van der Waals surface area contributed by atoms with Crippen LogP contribution in [0.3, 0.4) is 0 Å². The summed E-state index contributed by atoms with van der Waals surface area (Å²) in [6.07, 6.45) is 5.28. The Morgan fingerprint density at radius 1 is 1.30 bits per heavy atom. The lowest BCUT2D eigenvalue weighted by atomic mass is 10.3. The summed E-state index contributed by atoms with van der Waals surface area (Å²) in [5, 5.41) is 3.19. The largest absolute Gasteiger partial charge is 0.283 e. The summed E-state index contributed by atoms with van der Waals surface area (Å²) >= 11 is 6.91. The highest BCUT2D eigenvalue weighted by Gasteiger charge is 2.22. The van der Waals surface area contributed by atoms with Crippen LogP contribution in [-0.4, -0.2) is 15.0 Å². The van der Waals surface area contributed by atoms with Gasteiger partial charge in [0.1, 0.15) is 0 Å². The number of thiophene rings is 1. The van der Waals surface area contributed by atoms with E-state index in [1.165, 1.54) is 11.1 Å². The fourth-order valence-corrected chi connectivity index (χ4v) is 4.27. The first-order chi connectivity index (χ1) is 9.54. The van der Waals surface area contributed by atoms with E-state index in [-0.39, 0.29) is 15.8 Å². The molecule has 0 radical (unpaired) electrons. The maximum absolute atomic E-state index is 12.3. The number of hydrogen-bond donors (Lipinski definition) is 1. The number of benzene rings is 1. The molecule has 0 spiro atoms. The molecule has 104 valence electrons. The summed E-state index contributed by atoms with van der Waals surface area (Å²) in [4.78, 5) is 2.44. The van der Waals surface area contributed by atoms with E-state index < -0.39 is 10.0 Å². The van der Waals surface area contributed by atoms with Crippen LogP contribution in [0.1, 0.15) is 0 Å². The average Bonchev–Trinajstić information content (AvgIpc) is 2.86. The van der Waals surface area contributed by atoms with E-state index in [1.807, 2.05) is 6.07 Å². The molecular formula is C13H11ClN2O2S2.